The standard InChI is InChI=1S/C26H25ClN2O3/c27-21-7-11-25(12-8-21)32-24-9-3-19(4-10-24)15-29-17-22-13-23(29)16-28(22)14-18-1-5-20(6-2-18)26(30)31/h1-12,22-23H,13-17H2,(H,30,31)/t22-,23-/m0/s1. The summed E-state index contributed by atoms with van der Waals surface area (Å²) in [6.45, 7) is 3.96. The van der Waals surface area contributed by atoms with Crippen LogP contribution in [0.25, 0.3) is 0 Å². The van der Waals surface area contributed by atoms with Crippen LogP contribution < -0.4 is 4.74 Å². The van der Waals surface area contributed by atoms with Crippen LogP contribution in [-0.4, -0.2) is 46.0 Å². The van der Waals surface area contributed by atoms with Crippen LogP contribution >= 0.6 is 11.6 Å². The van der Waals surface area contributed by atoms with Gasteiger partial charge in [0, 0.05) is 43.3 Å². The van der Waals surface area contributed by atoms with Gasteiger partial charge in [0.2, 0.25) is 0 Å². The predicted octanol–water partition coefficient (Wildman–Crippen LogP) is 5.29. The lowest BCUT2D eigenvalue weighted by Crippen LogP contribution is -2.45. The van der Waals surface area contributed by atoms with Crippen molar-refractivity contribution in [3.63, 3.8) is 0 Å². The molecule has 2 heterocycles. The Morgan fingerprint density at radius 2 is 1.28 bits per heavy atom. The van der Waals surface area contributed by atoms with Gasteiger partial charge >= 0.3 is 5.97 Å². The van der Waals surface area contributed by atoms with Crippen molar-refractivity contribution in [2.75, 3.05) is 13.1 Å². The third-order valence-corrected chi connectivity index (χ3v) is 6.66. The van der Waals surface area contributed by atoms with Crippen LogP contribution in [0.4, 0.5) is 0 Å². The number of rotatable bonds is 7. The maximum atomic E-state index is 11.0. The van der Waals surface area contributed by atoms with E-state index in [0.717, 1.165) is 37.7 Å². The zero-order valence-electron chi connectivity index (χ0n) is 17.7. The van der Waals surface area contributed by atoms with E-state index in [9.17, 15) is 4.79 Å². The molecule has 2 bridgehead atoms. The van der Waals surface area contributed by atoms with E-state index in [1.165, 1.54) is 17.5 Å². The van der Waals surface area contributed by atoms with Gasteiger partial charge in [-0.05, 0) is 66.1 Å². The highest BCUT2D eigenvalue weighted by Gasteiger charge is 2.42. The highest BCUT2D eigenvalue weighted by Crippen LogP contribution is 2.33. The molecule has 0 unspecified atom stereocenters. The second kappa shape index (κ2) is 8.94. The molecule has 5 nitrogen and oxygen atoms in total. The highest BCUT2D eigenvalue weighted by atomic mass is 35.5. The van der Waals surface area contributed by atoms with Gasteiger partial charge in [0.15, 0.2) is 0 Å². The van der Waals surface area contributed by atoms with Gasteiger partial charge in [0.25, 0.3) is 0 Å². The molecule has 5 rings (SSSR count). The summed E-state index contributed by atoms with van der Waals surface area (Å²) >= 11 is 5.93. The number of likely N-dealkylation sites (tertiary alicyclic amines) is 2. The molecular weight excluding hydrogens is 424 g/mol. The lowest BCUT2D eigenvalue weighted by Gasteiger charge is -2.34. The summed E-state index contributed by atoms with van der Waals surface area (Å²) in [5.74, 6) is 0.716. The van der Waals surface area contributed by atoms with Crippen molar-refractivity contribution in [1.82, 2.24) is 9.80 Å². The molecule has 3 aromatic carbocycles. The van der Waals surface area contributed by atoms with Crippen molar-refractivity contribution in [2.45, 2.75) is 31.6 Å². The monoisotopic (exact) mass is 448 g/mol. The van der Waals surface area contributed by atoms with E-state index < -0.39 is 5.97 Å². The minimum Gasteiger partial charge on any atom is -0.478 e. The number of halogens is 1. The molecule has 32 heavy (non-hydrogen) atoms. The van der Waals surface area contributed by atoms with E-state index >= 15 is 0 Å². The first-order valence-corrected chi connectivity index (χ1v) is 11.2. The second-order valence-corrected chi connectivity index (χ2v) is 9.04. The molecule has 2 atom stereocenters. The number of ether oxygens (including phenoxy) is 1. The molecule has 3 aromatic rings. The molecule has 0 aromatic heterocycles. The van der Waals surface area contributed by atoms with Crippen molar-refractivity contribution >= 4 is 17.6 Å². The van der Waals surface area contributed by atoms with Crippen LogP contribution in [0.3, 0.4) is 0 Å². The lowest BCUT2D eigenvalue weighted by atomic mass is 10.1. The van der Waals surface area contributed by atoms with Crippen molar-refractivity contribution in [2.24, 2.45) is 0 Å². The summed E-state index contributed by atoms with van der Waals surface area (Å²) in [5, 5.41) is 9.76. The van der Waals surface area contributed by atoms with Gasteiger partial charge in [-0.15, -0.1) is 0 Å². The Morgan fingerprint density at radius 1 is 0.812 bits per heavy atom. The molecule has 1 N–H and O–H groups in total. The average Bonchev–Trinajstić information content (AvgIpc) is 3.37. The molecule has 0 saturated carbocycles. The predicted molar refractivity (Wildman–Crippen MR) is 124 cm³/mol. The molecule has 2 aliphatic heterocycles. The van der Waals surface area contributed by atoms with Gasteiger partial charge in [0.05, 0.1) is 5.56 Å². The van der Waals surface area contributed by atoms with E-state index in [1.54, 1.807) is 12.1 Å². The first-order chi connectivity index (χ1) is 15.5. The van der Waals surface area contributed by atoms with Gasteiger partial charge in [-0.2, -0.15) is 0 Å². The summed E-state index contributed by atoms with van der Waals surface area (Å²) in [4.78, 5) is 16.1. The number of piperazine rings is 1. The summed E-state index contributed by atoms with van der Waals surface area (Å²) in [7, 11) is 0. The second-order valence-electron chi connectivity index (χ2n) is 8.60. The minimum atomic E-state index is -0.878. The lowest BCUT2D eigenvalue weighted by molar-refractivity contribution is 0.0697. The van der Waals surface area contributed by atoms with Gasteiger partial charge in [0.1, 0.15) is 11.5 Å². The molecule has 2 fully saturated rings. The Balaban J connectivity index is 1.14. The Bertz CT molecular complexity index is 1080. The maximum absolute atomic E-state index is 11.0. The van der Waals surface area contributed by atoms with Gasteiger partial charge < -0.3 is 9.84 Å². The van der Waals surface area contributed by atoms with E-state index in [1.807, 2.05) is 48.5 Å². The molecular formula is C26H25ClN2O3. The van der Waals surface area contributed by atoms with Crippen molar-refractivity contribution in [3.05, 3.63) is 94.5 Å². The number of carbonyl (C=O) groups is 1. The number of benzene rings is 3. The smallest absolute Gasteiger partial charge is 0.335 e. The minimum absolute atomic E-state index is 0.340. The first kappa shape index (κ1) is 21.0. The van der Waals surface area contributed by atoms with Crippen LogP contribution in [0.2, 0.25) is 5.02 Å². The van der Waals surface area contributed by atoms with Crippen LogP contribution in [0.5, 0.6) is 11.5 Å². The number of hydrogen-bond acceptors (Lipinski definition) is 4. The number of fused-ring (bicyclic) bond motifs is 2. The molecule has 0 amide bonds. The largest absolute Gasteiger partial charge is 0.478 e. The van der Waals surface area contributed by atoms with Crippen molar-refractivity contribution in [1.29, 1.82) is 0 Å². The third kappa shape index (κ3) is 4.65. The molecule has 164 valence electrons. The summed E-state index contributed by atoms with van der Waals surface area (Å²) in [6, 6.07) is 24.1. The van der Waals surface area contributed by atoms with Crippen LogP contribution in [0.15, 0.2) is 72.8 Å². The molecule has 0 aliphatic carbocycles. The zero-order chi connectivity index (χ0) is 22.1. The summed E-state index contributed by atoms with van der Waals surface area (Å²) in [5.41, 5.74) is 2.80. The maximum Gasteiger partial charge on any atom is 0.335 e. The SMILES string of the molecule is O=C(O)c1ccc(CN2C[C@@H]3C[C@H]2CN3Cc2ccc(Oc3ccc(Cl)cc3)cc2)cc1. The summed E-state index contributed by atoms with van der Waals surface area (Å²) < 4.78 is 5.89. The fourth-order valence-corrected chi connectivity index (χ4v) is 4.87. The number of carboxylic acids is 1. The van der Waals surface area contributed by atoms with E-state index in [-0.39, 0.29) is 0 Å². The van der Waals surface area contributed by atoms with Crippen LogP contribution in [0, 0.1) is 0 Å². The first-order valence-electron chi connectivity index (χ1n) is 10.9. The van der Waals surface area contributed by atoms with E-state index in [4.69, 9.17) is 21.4 Å². The quantitative estimate of drug-likeness (QED) is 0.532. The van der Waals surface area contributed by atoms with Crippen LogP contribution in [0.1, 0.15) is 27.9 Å². The van der Waals surface area contributed by atoms with Crippen molar-refractivity contribution < 1.29 is 14.6 Å². The molecule has 2 saturated heterocycles. The Hall–Kier alpha value is -2.86. The fraction of sp³-hybridized carbons (Fsp3) is 0.269. The highest BCUT2D eigenvalue weighted by molar-refractivity contribution is 6.30. The van der Waals surface area contributed by atoms with Gasteiger partial charge in [-0.1, -0.05) is 35.9 Å². The third-order valence-electron chi connectivity index (χ3n) is 6.41. The zero-order valence-corrected chi connectivity index (χ0v) is 18.4. The number of hydrogen-bond donors (Lipinski definition) is 1. The molecule has 2 aliphatic rings. The Morgan fingerprint density at radius 3 is 1.75 bits per heavy atom. The fourth-order valence-electron chi connectivity index (χ4n) is 4.74. The van der Waals surface area contributed by atoms with Crippen LogP contribution in [-0.2, 0) is 13.1 Å². The number of carboxylic acid groups (broad SMARTS) is 1. The van der Waals surface area contributed by atoms with E-state index in [0.29, 0.717) is 22.7 Å². The summed E-state index contributed by atoms with van der Waals surface area (Å²) in [6.07, 6.45) is 1.20. The van der Waals surface area contributed by atoms with Gasteiger partial charge in [-0.3, -0.25) is 9.80 Å². The topological polar surface area (TPSA) is 53.0 Å². The Labute approximate surface area is 192 Å². The number of aromatic carboxylic acids is 1. The van der Waals surface area contributed by atoms with E-state index in [2.05, 4.69) is 21.9 Å². The Kier molecular flexibility index (Phi) is 5.87. The molecule has 6 heteroatoms. The normalized spacial score (nSPS) is 20.5. The number of nitrogens with zero attached hydrogens (tertiary/aromatic N) is 2. The van der Waals surface area contributed by atoms with Gasteiger partial charge in [-0.25, -0.2) is 4.79 Å². The molecule has 0 spiro atoms. The average molecular weight is 449 g/mol. The van der Waals surface area contributed by atoms with Crippen molar-refractivity contribution in [3.8, 4) is 11.5 Å². The molecule has 0 radical (unpaired) electrons.